The first kappa shape index (κ1) is 21.2. The Hall–Kier alpha value is -3.07. The summed E-state index contributed by atoms with van der Waals surface area (Å²) in [5.41, 5.74) is 11.6. The highest BCUT2D eigenvalue weighted by molar-refractivity contribution is 6.05. The molecule has 164 valence electrons. The van der Waals surface area contributed by atoms with Gasteiger partial charge in [0.2, 0.25) is 5.84 Å². The largest absolute Gasteiger partial charge is 0.491 e. The second kappa shape index (κ2) is 9.38. The van der Waals surface area contributed by atoms with Crippen molar-refractivity contribution in [2.75, 3.05) is 31.1 Å². The highest BCUT2D eigenvalue weighted by Crippen LogP contribution is 2.46. The zero-order chi connectivity index (χ0) is 21.8. The zero-order valence-electron chi connectivity index (χ0n) is 18.2. The lowest BCUT2D eigenvalue weighted by Crippen LogP contribution is -2.46. The number of hydrazone groups is 1. The molecule has 1 aromatic heterocycles. The Morgan fingerprint density at radius 3 is 2.61 bits per heavy atom. The molecule has 2 aliphatic rings. The lowest BCUT2D eigenvalue weighted by Gasteiger charge is -2.37. The van der Waals surface area contributed by atoms with E-state index in [4.69, 9.17) is 16.1 Å². The minimum absolute atomic E-state index is 0.0816. The minimum atomic E-state index is 0.0816. The number of nitrogens with two attached hydrogens (primary N) is 1. The molecule has 2 aromatic rings. The highest BCUT2D eigenvalue weighted by atomic mass is 16.5. The van der Waals surface area contributed by atoms with Crippen molar-refractivity contribution in [2.24, 2.45) is 16.1 Å². The van der Waals surface area contributed by atoms with E-state index in [0.29, 0.717) is 5.92 Å². The van der Waals surface area contributed by atoms with Gasteiger partial charge >= 0.3 is 0 Å². The summed E-state index contributed by atoms with van der Waals surface area (Å²) in [5.74, 6) is 7.20. The fraction of sp³-hybridized carbons (Fsp3) is 0.500. The molecule has 4 rings (SSSR count). The van der Waals surface area contributed by atoms with Gasteiger partial charge in [-0.1, -0.05) is 0 Å². The van der Waals surface area contributed by atoms with Crippen LogP contribution in [0.25, 0.3) is 0 Å². The smallest absolute Gasteiger partial charge is 0.202 e. The van der Waals surface area contributed by atoms with Crippen LogP contribution in [0.15, 0.2) is 40.7 Å². The Labute approximate surface area is 182 Å². The van der Waals surface area contributed by atoms with Crippen molar-refractivity contribution < 1.29 is 4.74 Å². The predicted octanol–water partition coefficient (Wildman–Crippen LogP) is 3.11. The normalized spacial score (nSPS) is 17.8. The summed E-state index contributed by atoms with van der Waals surface area (Å²) < 4.78 is 6.07. The topological polar surface area (TPSA) is 116 Å². The number of hydrogen-bond acceptors (Lipinski definition) is 8. The van der Waals surface area contributed by atoms with Crippen LogP contribution in [0.3, 0.4) is 0 Å². The van der Waals surface area contributed by atoms with E-state index < -0.39 is 0 Å². The van der Waals surface area contributed by atoms with Gasteiger partial charge in [-0.3, -0.25) is 4.90 Å². The fourth-order valence-corrected chi connectivity index (χ4v) is 4.11. The van der Waals surface area contributed by atoms with Crippen LogP contribution >= 0.6 is 0 Å². The molecule has 0 unspecified atom stereocenters. The Balaban J connectivity index is 1.61. The lowest BCUT2D eigenvalue weighted by atomic mass is 9.98. The van der Waals surface area contributed by atoms with Crippen molar-refractivity contribution in [1.29, 1.82) is 5.53 Å². The number of benzene rings is 1. The van der Waals surface area contributed by atoms with Gasteiger partial charge in [0.05, 0.1) is 17.5 Å². The third-order valence-electron chi connectivity index (χ3n) is 5.69. The third-order valence-corrected chi connectivity index (χ3v) is 5.69. The molecule has 1 aromatic carbocycles. The number of ether oxygens (including phenoxy) is 1. The van der Waals surface area contributed by atoms with Crippen molar-refractivity contribution >= 4 is 11.5 Å². The molecule has 1 saturated heterocycles. The molecular weight excluding hydrogens is 392 g/mol. The Bertz CT molecular complexity index is 934. The SMILES string of the molecule is CC(C)Oc1cc(C2CC2)c(C(N=N)=NN)c(N2CCN(Cc3cccnn3)CC2)c1. The van der Waals surface area contributed by atoms with Crippen molar-refractivity contribution in [2.45, 2.75) is 45.3 Å². The molecule has 1 aliphatic heterocycles. The fourth-order valence-electron chi connectivity index (χ4n) is 4.11. The summed E-state index contributed by atoms with van der Waals surface area (Å²) >= 11 is 0. The molecule has 2 heterocycles. The molecular formula is C22H30N8O. The summed E-state index contributed by atoms with van der Waals surface area (Å²) in [6, 6.07) is 8.06. The van der Waals surface area contributed by atoms with Gasteiger partial charge in [0, 0.05) is 50.6 Å². The summed E-state index contributed by atoms with van der Waals surface area (Å²) in [6.07, 6.45) is 4.03. The van der Waals surface area contributed by atoms with Gasteiger partial charge in [0.15, 0.2) is 0 Å². The summed E-state index contributed by atoms with van der Waals surface area (Å²) in [6.45, 7) is 8.34. The molecule has 0 radical (unpaired) electrons. The number of anilines is 1. The van der Waals surface area contributed by atoms with Crippen LogP contribution in [0.1, 0.15) is 49.4 Å². The summed E-state index contributed by atoms with van der Waals surface area (Å²) in [4.78, 5) is 4.71. The number of piperazine rings is 1. The molecule has 31 heavy (non-hydrogen) atoms. The molecule has 0 atom stereocenters. The molecule has 1 aliphatic carbocycles. The molecule has 0 amide bonds. The molecule has 9 nitrogen and oxygen atoms in total. The van der Waals surface area contributed by atoms with Crippen LogP contribution in [-0.4, -0.2) is 53.2 Å². The summed E-state index contributed by atoms with van der Waals surface area (Å²) in [7, 11) is 0. The van der Waals surface area contributed by atoms with E-state index in [1.54, 1.807) is 6.20 Å². The standard InChI is InChI=1S/C22H30N8O/c1-15(2)31-18-12-19(16-5-6-16)21(22(26-23)27-24)20(13-18)30-10-8-29(9-11-30)14-17-4-3-7-25-28-17/h3-4,7,12-13,15-16,23H,5-6,8-11,14,24H2,1-2H3. The van der Waals surface area contributed by atoms with E-state index in [9.17, 15) is 0 Å². The number of nitrogens with one attached hydrogen (secondary N) is 1. The second-order valence-electron chi connectivity index (χ2n) is 8.39. The predicted molar refractivity (Wildman–Crippen MR) is 120 cm³/mol. The molecule has 3 N–H and O–H groups in total. The van der Waals surface area contributed by atoms with Gasteiger partial charge in [-0.2, -0.15) is 15.3 Å². The Morgan fingerprint density at radius 1 is 1.26 bits per heavy atom. The van der Waals surface area contributed by atoms with Gasteiger partial charge in [-0.25, -0.2) is 5.53 Å². The van der Waals surface area contributed by atoms with Gasteiger partial charge in [0.1, 0.15) is 5.75 Å². The Kier molecular flexibility index (Phi) is 6.41. The first-order valence-electron chi connectivity index (χ1n) is 10.8. The van der Waals surface area contributed by atoms with Crippen LogP contribution < -0.4 is 15.5 Å². The van der Waals surface area contributed by atoms with Crippen LogP contribution in [0, 0.1) is 5.53 Å². The number of aromatic nitrogens is 2. The monoisotopic (exact) mass is 422 g/mol. The minimum Gasteiger partial charge on any atom is -0.491 e. The van der Waals surface area contributed by atoms with E-state index in [0.717, 1.165) is 73.8 Å². The van der Waals surface area contributed by atoms with Gasteiger partial charge < -0.3 is 15.5 Å². The maximum absolute atomic E-state index is 7.63. The Morgan fingerprint density at radius 2 is 2.03 bits per heavy atom. The lowest BCUT2D eigenvalue weighted by molar-refractivity contribution is 0.240. The van der Waals surface area contributed by atoms with E-state index in [1.807, 2.05) is 26.0 Å². The summed E-state index contributed by atoms with van der Waals surface area (Å²) in [5, 5.41) is 15.7. The number of hydrogen-bond donors (Lipinski definition) is 2. The van der Waals surface area contributed by atoms with Crippen molar-refractivity contribution in [3.05, 3.63) is 47.3 Å². The molecule has 0 spiro atoms. The maximum Gasteiger partial charge on any atom is 0.202 e. The van der Waals surface area contributed by atoms with E-state index >= 15 is 0 Å². The van der Waals surface area contributed by atoms with Gasteiger partial charge in [0.25, 0.3) is 0 Å². The number of nitrogens with zero attached hydrogens (tertiary/aromatic N) is 6. The second-order valence-corrected chi connectivity index (χ2v) is 8.39. The van der Waals surface area contributed by atoms with Crippen molar-refractivity contribution in [3.63, 3.8) is 0 Å². The first-order valence-corrected chi connectivity index (χ1v) is 10.8. The maximum atomic E-state index is 7.63. The number of rotatable bonds is 7. The van der Waals surface area contributed by atoms with Gasteiger partial charge in [-0.15, -0.1) is 5.11 Å². The highest BCUT2D eigenvalue weighted by Gasteiger charge is 2.32. The van der Waals surface area contributed by atoms with Crippen LogP contribution in [0.2, 0.25) is 0 Å². The van der Waals surface area contributed by atoms with E-state index in [-0.39, 0.29) is 11.9 Å². The van der Waals surface area contributed by atoms with Crippen molar-refractivity contribution in [1.82, 2.24) is 15.1 Å². The molecule has 1 saturated carbocycles. The van der Waals surface area contributed by atoms with Crippen LogP contribution in [0.4, 0.5) is 5.69 Å². The number of amidine groups is 1. The molecule has 9 heteroatoms. The van der Waals surface area contributed by atoms with Crippen LogP contribution in [0.5, 0.6) is 5.75 Å². The van der Waals surface area contributed by atoms with Crippen LogP contribution in [-0.2, 0) is 6.54 Å². The average molecular weight is 423 g/mol. The third kappa shape index (κ3) is 4.99. The van der Waals surface area contributed by atoms with E-state index in [1.165, 1.54) is 0 Å². The zero-order valence-corrected chi connectivity index (χ0v) is 18.2. The molecule has 0 bridgehead atoms. The first-order chi connectivity index (χ1) is 15.1. The molecule has 2 fully saturated rings. The average Bonchev–Trinajstić information content (AvgIpc) is 3.61. The quantitative estimate of drug-likeness (QED) is 0.233. The van der Waals surface area contributed by atoms with Crippen molar-refractivity contribution in [3.8, 4) is 5.75 Å². The van der Waals surface area contributed by atoms with Gasteiger partial charge in [-0.05, 0) is 56.4 Å². The van der Waals surface area contributed by atoms with E-state index in [2.05, 4.69) is 42.3 Å².